The number of amides is 1. The van der Waals surface area contributed by atoms with Crippen molar-refractivity contribution in [2.24, 2.45) is 0 Å². The van der Waals surface area contributed by atoms with E-state index in [9.17, 15) is 9.59 Å². The van der Waals surface area contributed by atoms with E-state index in [0.717, 1.165) is 5.56 Å². The van der Waals surface area contributed by atoms with Gasteiger partial charge in [0, 0.05) is 17.9 Å². The topological polar surface area (TPSA) is 90.6 Å². The zero-order valence-corrected chi connectivity index (χ0v) is 13.4. The van der Waals surface area contributed by atoms with Gasteiger partial charge in [-0.05, 0) is 30.8 Å². The lowest BCUT2D eigenvalue weighted by molar-refractivity contribution is -0.121. The molecule has 0 unspecified atom stereocenters. The van der Waals surface area contributed by atoms with E-state index in [1.807, 2.05) is 25.1 Å². The number of aromatic amines is 2. The van der Waals surface area contributed by atoms with Crippen molar-refractivity contribution < 1.29 is 4.79 Å². The van der Waals surface area contributed by atoms with Gasteiger partial charge in [-0.2, -0.15) is 5.10 Å². The summed E-state index contributed by atoms with van der Waals surface area (Å²) in [5.74, 6) is -0.184. The molecule has 2 aromatic rings. The molecule has 0 aliphatic heterocycles. The fraction of sp³-hybridized carbons (Fsp3) is 0.286. The molecule has 2 rings (SSSR count). The summed E-state index contributed by atoms with van der Waals surface area (Å²) in [7, 11) is 0. The molecule has 0 saturated carbocycles. The summed E-state index contributed by atoms with van der Waals surface area (Å²) in [6.45, 7) is 1.85. The number of aryl methyl sites for hydroxylation is 1. The maximum absolute atomic E-state index is 12.0. The molecule has 116 valence electrons. The normalized spacial score (nSPS) is 11.9. The predicted octanol–water partition coefficient (Wildman–Crippen LogP) is 2.29. The number of H-pyrrole nitrogens is 2. The third kappa shape index (κ3) is 4.25. The molecule has 0 aliphatic carbocycles. The van der Waals surface area contributed by atoms with Crippen LogP contribution >= 0.6 is 23.8 Å². The molecule has 0 aliphatic rings. The molecular formula is C14H15ClN4O2S. The molecule has 3 N–H and O–H groups in total. The summed E-state index contributed by atoms with van der Waals surface area (Å²) < 4.78 is 0.158. The smallest absolute Gasteiger partial charge is 0.273 e. The zero-order chi connectivity index (χ0) is 16.1. The minimum absolute atomic E-state index is 0.148. The molecule has 1 aromatic heterocycles. The van der Waals surface area contributed by atoms with Crippen LogP contribution in [0.1, 0.15) is 30.6 Å². The van der Waals surface area contributed by atoms with E-state index in [0.29, 0.717) is 5.02 Å². The molecule has 0 fully saturated rings. The lowest BCUT2D eigenvalue weighted by Crippen LogP contribution is -2.28. The van der Waals surface area contributed by atoms with E-state index < -0.39 is 0 Å². The highest BCUT2D eigenvalue weighted by Gasteiger charge is 2.13. The van der Waals surface area contributed by atoms with Crippen molar-refractivity contribution in [2.45, 2.75) is 25.8 Å². The van der Waals surface area contributed by atoms with Crippen molar-refractivity contribution in [3.63, 3.8) is 0 Å². The summed E-state index contributed by atoms with van der Waals surface area (Å²) >= 11 is 10.8. The Morgan fingerprint density at radius 1 is 1.45 bits per heavy atom. The van der Waals surface area contributed by atoms with Crippen molar-refractivity contribution in [3.05, 3.63) is 55.7 Å². The van der Waals surface area contributed by atoms with Crippen molar-refractivity contribution in [3.8, 4) is 0 Å². The molecule has 0 radical (unpaired) electrons. The van der Waals surface area contributed by atoms with Gasteiger partial charge >= 0.3 is 0 Å². The first-order valence-electron chi connectivity index (χ1n) is 6.69. The SMILES string of the molecule is C[C@@H](NC(=O)CCc1n[nH]c(=S)[nH]c1=O)c1ccccc1Cl. The largest absolute Gasteiger partial charge is 0.350 e. The van der Waals surface area contributed by atoms with E-state index in [2.05, 4.69) is 20.5 Å². The number of hydrogen-bond donors (Lipinski definition) is 3. The minimum atomic E-state index is -0.379. The van der Waals surface area contributed by atoms with Gasteiger partial charge in [0.1, 0.15) is 5.69 Å². The Balaban J connectivity index is 1.94. The third-order valence-corrected chi connectivity index (χ3v) is 3.66. The first-order chi connectivity index (χ1) is 10.5. The molecule has 22 heavy (non-hydrogen) atoms. The van der Waals surface area contributed by atoms with Gasteiger partial charge in [0.2, 0.25) is 5.91 Å². The number of nitrogens with zero attached hydrogens (tertiary/aromatic N) is 1. The van der Waals surface area contributed by atoms with E-state index in [1.54, 1.807) is 6.07 Å². The van der Waals surface area contributed by atoms with Crippen LogP contribution in [0, 0.1) is 4.77 Å². The number of rotatable bonds is 5. The van der Waals surface area contributed by atoms with Crippen molar-refractivity contribution >= 4 is 29.7 Å². The number of hydrogen-bond acceptors (Lipinski definition) is 4. The summed E-state index contributed by atoms with van der Waals surface area (Å²) in [6, 6.07) is 7.11. The number of halogens is 1. The van der Waals surface area contributed by atoms with Gasteiger partial charge in [-0.1, -0.05) is 29.8 Å². The molecule has 1 aromatic carbocycles. The molecule has 6 nitrogen and oxygen atoms in total. The molecule has 0 spiro atoms. The maximum atomic E-state index is 12.0. The highest BCUT2D eigenvalue weighted by atomic mass is 35.5. The Hall–Kier alpha value is -1.99. The van der Waals surface area contributed by atoms with Gasteiger partial charge in [-0.3, -0.25) is 19.7 Å². The van der Waals surface area contributed by atoms with Gasteiger partial charge < -0.3 is 5.32 Å². The number of aromatic nitrogens is 3. The average molecular weight is 339 g/mol. The van der Waals surface area contributed by atoms with Gasteiger partial charge in [0.15, 0.2) is 4.77 Å². The Kier molecular flexibility index (Phi) is 5.46. The van der Waals surface area contributed by atoms with Crippen LogP contribution in [0.3, 0.4) is 0 Å². The predicted molar refractivity (Wildman–Crippen MR) is 86.4 cm³/mol. The van der Waals surface area contributed by atoms with Crippen LogP contribution in [0.4, 0.5) is 0 Å². The first-order valence-corrected chi connectivity index (χ1v) is 7.47. The molecule has 1 atom stereocenters. The van der Waals surface area contributed by atoms with E-state index in [-0.39, 0.29) is 40.8 Å². The first kappa shape index (κ1) is 16.4. The number of nitrogens with one attached hydrogen (secondary N) is 3. The molecule has 8 heteroatoms. The van der Waals surface area contributed by atoms with Gasteiger partial charge in [0.25, 0.3) is 5.56 Å². The number of carbonyl (C=O) groups excluding carboxylic acids is 1. The van der Waals surface area contributed by atoms with E-state index >= 15 is 0 Å². The third-order valence-electron chi connectivity index (χ3n) is 3.12. The fourth-order valence-electron chi connectivity index (χ4n) is 1.99. The Morgan fingerprint density at radius 3 is 2.86 bits per heavy atom. The second-order valence-corrected chi connectivity index (χ2v) is 5.58. The van der Waals surface area contributed by atoms with Crippen LogP contribution in [-0.4, -0.2) is 21.1 Å². The van der Waals surface area contributed by atoms with Gasteiger partial charge in [0.05, 0.1) is 6.04 Å². The highest BCUT2D eigenvalue weighted by Crippen LogP contribution is 2.22. The summed E-state index contributed by atoms with van der Waals surface area (Å²) in [5.41, 5.74) is 0.710. The van der Waals surface area contributed by atoms with Crippen molar-refractivity contribution in [1.82, 2.24) is 20.5 Å². The maximum Gasteiger partial charge on any atom is 0.273 e. The van der Waals surface area contributed by atoms with Crippen LogP contribution < -0.4 is 10.9 Å². The Labute approximate surface area is 136 Å². The molecule has 1 heterocycles. The Morgan fingerprint density at radius 2 is 2.18 bits per heavy atom. The number of carbonyl (C=O) groups is 1. The van der Waals surface area contributed by atoms with Crippen LogP contribution in [0.15, 0.2) is 29.1 Å². The van der Waals surface area contributed by atoms with Crippen LogP contribution in [0.2, 0.25) is 5.02 Å². The number of benzene rings is 1. The standard InChI is InChI=1S/C14H15ClN4O2S/c1-8(9-4-2-3-5-10(9)15)16-12(20)7-6-11-13(21)17-14(22)19-18-11/h2-5,8H,6-7H2,1H3,(H,16,20)(H2,17,19,21,22)/t8-/m1/s1. The van der Waals surface area contributed by atoms with Gasteiger partial charge in [-0.15, -0.1) is 0 Å². The Bertz CT molecular complexity index is 787. The molecular weight excluding hydrogens is 324 g/mol. The lowest BCUT2D eigenvalue weighted by Gasteiger charge is -2.15. The van der Waals surface area contributed by atoms with Crippen LogP contribution in [-0.2, 0) is 11.2 Å². The minimum Gasteiger partial charge on any atom is -0.350 e. The summed E-state index contributed by atoms with van der Waals surface area (Å²) in [5, 5.41) is 9.77. The van der Waals surface area contributed by atoms with Crippen molar-refractivity contribution in [1.29, 1.82) is 0 Å². The quantitative estimate of drug-likeness (QED) is 0.729. The van der Waals surface area contributed by atoms with Crippen LogP contribution in [0.5, 0.6) is 0 Å². The summed E-state index contributed by atoms with van der Waals surface area (Å²) in [4.78, 5) is 26.0. The zero-order valence-electron chi connectivity index (χ0n) is 11.9. The highest BCUT2D eigenvalue weighted by molar-refractivity contribution is 7.71. The lowest BCUT2D eigenvalue weighted by atomic mass is 10.1. The molecule has 0 bridgehead atoms. The summed E-state index contributed by atoms with van der Waals surface area (Å²) in [6.07, 6.45) is 0.373. The van der Waals surface area contributed by atoms with Gasteiger partial charge in [-0.25, -0.2) is 0 Å². The molecule has 1 amide bonds. The second-order valence-electron chi connectivity index (χ2n) is 4.76. The monoisotopic (exact) mass is 338 g/mol. The van der Waals surface area contributed by atoms with Crippen molar-refractivity contribution in [2.75, 3.05) is 0 Å². The van der Waals surface area contributed by atoms with E-state index in [1.165, 1.54) is 0 Å². The average Bonchev–Trinajstić information content (AvgIpc) is 2.46. The van der Waals surface area contributed by atoms with Crippen LogP contribution in [0.25, 0.3) is 0 Å². The molecule has 0 saturated heterocycles. The second kappa shape index (κ2) is 7.33. The fourth-order valence-corrected chi connectivity index (χ4v) is 2.43. The van der Waals surface area contributed by atoms with E-state index in [4.69, 9.17) is 23.8 Å².